The van der Waals surface area contributed by atoms with Crippen LogP contribution in [-0.4, -0.2) is 36.0 Å². The zero-order valence-corrected chi connectivity index (χ0v) is 11.2. The van der Waals surface area contributed by atoms with E-state index in [9.17, 15) is 9.59 Å². The van der Waals surface area contributed by atoms with Gasteiger partial charge in [0.05, 0.1) is 12.4 Å². The predicted molar refractivity (Wildman–Crippen MR) is 66.4 cm³/mol. The number of carbonyl (C=O) groups excluding carboxylic acids is 2. The third-order valence-corrected chi connectivity index (χ3v) is 3.39. The van der Waals surface area contributed by atoms with Crippen LogP contribution in [0.15, 0.2) is 0 Å². The van der Waals surface area contributed by atoms with Crippen LogP contribution >= 0.6 is 11.8 Å². The molecule has 4 nitrogen and oxygen atoms in total. The van der Waals surface area contributed by atoms with Crippen molar-refractivity contribution in [3.63, 3.8) is 0 Å². The van der Waals surface area contributed by atoms with Crippen LogP contribution in [0.2, 0.25) is 0 Å². The monoisotopic (exact) mass is 247 g/mol. The highest BCUT2D eigenvalue weighted by atomic mass is 32.2. The Kier molecular flexibility index (Phi) is 8.07. The Balaban J connectivity index is 3.90. The van der Waals surface area contributed by atoms with Gasteiger partial charge < -0.3 is 10.1 Å². The molecule has 0 rings (SSSR count). The van der Waals surface area contributed by atoms with E-state index in [0.717, 1.165) is 18.6 Å². The number of hydrogen-bond donors (Lipinski definition) is 1. The van der Waals surface area contributed by atoms with Crippen LogP contribution in [0.1, 0.15) is 33.6 Å². The Hall–Kier alpha value is -0.710. The third-order valence-electron chi connectivity index (χ3n) is 2.15. The number of ether oxygens (including phenoxy) is 1. The number of amides is 1. The second-order valence-electron chi connectivity index (χ2n) is 3.62. The predicted octanol–water partition coefficient (Wildman–Crippen LogP) is 1.59. The summed E-state index contributed by atoms with van der Waals surface area (Å²) in [5, 5.41) is 2.50. The summed E-state index contributed by atoms with van der Waals surface area (Å²) in [6, 6.07) is -0.577. The van der Waals surface area contributed by atoms with Crippen molar-refractivity contribution in [2.24, 2.45) is 0 Å². The first-order chi connectivity index (χ1) is 7.52. The van der Waals surface area contributed by atoms with Gasteiger partial charge in [0.2, 0.25) is 5.91 Å². The summed E-state index contributed by atoms with van der Waals surface area (Å²) in [6.07, 6.45) is 2.23. The number of esters is 1. The molecular formula is C11H21NO3S. The number of rotatable bonds is 7. The smallest absolute Gasteiger partial charge is 0.328 e. The van der Waals surface area contributed by atoms with Crippen molar-refractivity contribution >= 4 is 23.6 Å². The second-order valence-corrected chi connectivity index (χ2v) is 5.07. The van der Waals surface area contributed by atoms with E-state index in [1.807, 2.05) is 6.92 Å². The molecule has 0 aromatic heterocycles. The summed E-state index contributed by atoms with van der Waals surface area (Å²) in [6.45, 7) is 5.58. The molecule has 0 saturated heterocycles. The van der Waals surface area contributed by atoms with Gasteiger partial charge in [0, 0.05) is 0 Å². The molecule has 16 heavy (non-hydrogen) atoms. The fourth-order valence-electron chi connectivity index (χ4n) is 1.05. The largest absolute Gasteiger partial charge is 0.467 e. The summed E-state index contributed by atoms with van der Waals surface area (Å²) in [5.41, 5.74) is 0. The summed E-state index contributed by atoms with van der Waals surface area (Å²) >= 11 is 1.61. The average molecular weight is 247 g/mol. The first-order valence-electron chi connectivity index (χ1n) is 5.52. The van der Waals surface area contributed by atoms with Crippen LogP contribution in [-0.2, 0) is 14.3 Å². The molecule has 0 aromatic rings. The molecule has 1 amide bonds. The molecule has 0 heterocycles. The van der Waals surface area contributed by atoms with Crippen LogP contribution in [0.4, 0.5) is 0 Å². The molecule has 0 saturated carbocycles. The lowest BCUT2D eigenvalue weighted by Gasteiger charge is -2.15. The van der Waals surface area contributed by atoms with Crippen molar-refractivity contribution in [2.75, 3.05) is 12.9 Å². The minimum atomic E-state index is -0.577. The molecule has 0 spiro atoms. The molecule has 0 aliphatic heterocycles. The quantitative estimate of drug-likeness (QED) is 0.548. The minimum absolute atomic E-state index is 0.112. The van der Waals surface area contributed by atoms with E-state index in [4.69, 9.17) is 0 Å². The fourth-order valence-corrected chi connectivity index (χ4v) is 2.07. The zero-order valence-electron chi connectivity index (χ0n) is 10.4. The van der Waals surface area contributed by atoms with Crippen molar-refractivity contribution in [1.82, 2.24) is 5.32 Å². The molecule has 2 atom stereocenters. The highest BCUT2D eigenvalue weighted by Gasteiger charge is 2.19. The van der Waals surface area contributed by atoms with Gasteiger partial charge in [-0.3, -0.25) is 4.79 Å². The summed E-state index contributed by atoms with van der Waals surface area (Å²) in [7, 11) is 1.31. The molecule has 0 aliphatic carbocycles. The SMILES string of the molecule is CCCCSC(C)C(=O)N[C@@H](C)C(=O)OC. The van der Waals surface area contributed by atoms with Gasteiger partial charge in [-0.1, -0.05) is 13.3 Å². The molecule has 1 unspecified atom stereocenters. The normalized spacial score (nSPS) is 14.0. The van der Waals surface area contributed by atoms with E-state index < -0.39 is 12.0 Å². The number of hydrogen-bond acceptors (Lipinski definition) is 4. The maximum Gasteiger partial charge on any atom is 0.328 e. The Bertz CT molecular complexity index is 233. The van der Waals surface area contributed by atoms with Crippen LogP contribution in [0.25, 0.3) is 0 Å². The average Bonchev–Trinajstić information content (AvgIpc) is 2.27. The van der Waals surface area contributed by atoms with Crippen LogP contribution in [0, 0.1) is 0 Å². The van der Waals surface area contributed by atoms with E-state index in [0.29, 0.717) is 0 Å². The Morgan fingerprint density at radius 2 is 2.00 bits per heavy atom. The summed E-state index contributed by atoms with van der Waals surface area (Å²) in [5.74, 6) is 0.440. The lowest BCUT2D eigenvalue weighted by molar-refractivity contribution is -0.144. The fraction of sp³-hybridized carbons (Fsp3) is 0.818. The molecule has 0 aromatic carbocycles. The maximum atomic E-state index is 11.6. The highest BCUT2D eigenvalue weighted by molar-refractivity contribution is 8.00. The Morgan fingerprint density at radius 3 is 2.50 bits per heavy atom. The van der Waals surface area contributed by atoms with Crippen LogP contribution in [0.5, 0.6) is 0 Å². The van der Waals surface area contributed by atoms with Gasteiger partial charge in [0.25, 0.3) is 0 Å². The van der Waals surface area contributed by atoms with Crippen LogP contribution < -0.4 is 5.32 Å². The molecule has 5 heteroatoms. The molecule has 94 valence electrons. The minimum Gasteiger partial charge on any atom is -0.467 e. The van der Waals surface area contributed by atoms with Gasteiger partial charge in [-0.15, -0.1) is 11.8 Å². The third kappa shape index (κ3) is 6.00. The van der Waals surface area contributed by atoms with Crippen molar-refractivity contribution in [3.8, 4) is 0 Å². The number of carbonyl (C=O) groups is 2. The zero-order chi connectivity index (χ0) is 12.6. The molecular weight excluding hydrogens is 226 g/mol. The van der Waals surface area contributed by atoms with Gasteiger partial charge in [-0.05, 0) is 26.0 Å². The molecule has 0 bridgehead atoms. The van der Waals surface area contributed by atoms with Gasteiger partial charge >= 0.3 is 5.97 Å². The Morgan fingerprint density at radius 1 is 1.38 bits per heavy atom. The number of unbranched alkanes of at least 4 members (excludes halogenated alkanes) is 1. The topological polar surface area (TPSA) is 55.4 Å². The molecule has 1 N–H and O–H groups in total. The first-order valence-corrected chi connectivity index (χ1v) is 6.57. The Labute approximate surface area is 101 Å². The van der Waals surface area contributed by atoms with Crippen molar-refractivity contribution in [3.05, 3.63) is 0 Å². The second kappa shape index (κ2) is 8.44. The van der Waals surface area contributed by atoms with E-state index in [1.54, 1.807) is 18.7 Å². The number of thioether (sulfide) groups is 1. The lowest BCUT2D eigenvalue weighted by atomic mass is 10.3. The van der Waals surface area contributed by atoms with E-state index in [2.05, 4.69) is 17.0 Å². The van der Waals surface area contributed by atoms with Crippen molar-refractivity contribution < 1.29 is 14.3 Å². The number of methoxy groups -OCH3 is 1. The van der Waals surface area contributed by atoms with Gasteiger partial charge in [0.15, 0.2) is 0 Å². The van der Waals surface area contributed by atoms with Gasteiger partial charge in [0.1, 0.15) is 6.04 Å². The van der Waals surface area contributed by atoms with Crippen molar-refractivity contribution in [2.45, 2.75) is 44.9 Å². The summed E-state index contributed by atoms with van der Waals surface area (Å²) < 4.78 is 4.53. The maximum absolute atomic E-state index is 11.6. The highest BCUT2D eigenvalue weighted by Crippen LogP contribution is 2.12. The van der Waals surface area contributed by atoms with Gasteiger partial charge in [-0.25, -0.2) is 4.79 Å². The standard InChI is InChI=1S/C11H21NO3S/c1-5-6-7-16-9(3)10(13)12-8(2)11(14)15-4/h8-9H,5-7H2,1-4H3,(H,12,13)/t8-,9?/m0/s1. The lowest BCUT2D eigenvalue weighted by Crippen LogP contribution is -2.42. The van der Waals surface area contributed by atoms with E-state index >= 15 is 0 Å². The van der Waals surface area contributed by atoms with Gasteiger partial charge in [-0.2, -0.15) is 0 Å². The van der Waals surface area contributed by atoms with E-state index in [1.165, 1.54) is 7.11 Å². The van der Waals surface area contributed by atoms with E-state index in [-0.39, 0.29) is 11.2 Å². The van der Waals surface area contributed by atoms with Crippen LogP contribution in [0.3, 0.4) is 0 Å². The summed E-state index contributed by atoms with van der Waals surface area (Å²) in [4.78, 5) is 22.7. The molecule has 0 fully saturated rings. The molecule has 0 aliphatic rings. The number of nitrogens with one attached hydrogen (secondary N) is 1. The first kappa shape index (κ1) is 15.3. The van der Waals surface area contributed by atoms with Crippen molar-refractivity contribution in [1.29, 1.82) is 0 Å². The molecule has 0 radical (unpaired) electrons.